The van der Waals surface area contributed by atoms with Crippen LogP contribution in [0.5, 0.6) is 17.4 Å². The van der Waals surface area contributed by atoms with Gasteiger partial charge in [-0.25, -0.2) is 14.8 Å². The first-order valence-corrected chi connectivity index (χ1v) is 19.8. The minimum absolute atomic E-state index is 0.130. The largest absolute Gasteiger partial charge is 0.491 e. The van der Waals surface area contributed by atoms with E-state index in [1.165, 1.54) is 37.0 Å². The molecule has 1 aliphatic rings. The Morgan fingerprint density at radius 1 is 0.966 bits per heavy atom. The molecule has 0 radical (unpaired) electrons. The number of furan rings is 1. The van der Waals surface area contributed by atoms with Crippen LogP contribution in [-0.4, -0.2) is 101 Å². The topological polar surface area (TPSA) is 117 Å². The van der Waals surface area contributed by atoms with Crippen LogP contribution in [0.25, 0.3) is 42.0 Å². The fraction of sp³-hybridized carbons (Fsp3) is 0.366. The minimum Gasteiger partial charge on any atom is -0.491 e. The lowest BCUT2D eigenvalue weighted by atomic mass is 9.78. The van der Waals surface area contributed by atoms with Crippen LogP contribution in [0.4, 0.5) is 13.2 Å². The van der Waals surface area contributed by atoms with E-state index < -0.39 is 30.2 Å². The molecular formula is C41H40ClF3N6O6S. The van der Waals surface area contributed by atoms with Crippen LogP contribution in [0.1, 0.15) is 25.1 Å². The molecule has 1 atom stereocenters. The number of para-hydroxylation sites is 1. The first-order valence-electron chi connectivity index (χ1n) is 18.6. The highest BCUT2D eigenvalue weighted by Crippen LogP contribution is 2.49. The molecule has 7 aromatic rings. The first kappa shape index (κ1) is 39.7. The van der Waals surface area contributed by atoms with Gasteiger partial charge < -0.3 is 28.3 Å². The normalized spacial score (nSPS) is 15.1. The summed E-state index contributed by atoms with van der Waals surface area (Å²) in [4.78, 5) is 28.2. The predicted molar refractivity (Wildman–Crippen MR) is 215 cm³/mol. The van der Waals surface area contributed by atoms with Crippen molar-refractivity contribution < 1.29 is 41.3 Å². The second-order valence-corrected chi connectivity index (χ2v) is 16.1. The van der Waals surface area contributed by atoms with Crippen LogP contribution in [0.15, 0.2) is 71.7 Å². The smallest absolute Gasteiger partial charge is 0.408 e. The Labute approximate surface area is 340 Å². The average molecular weight is 837 g/mol. The van der Waals surface area contributed by atoms with E-state index in [0.29, 0.717) is 44.5 Å². The summed E-state index contributed by atoms with van der Waals surface area (Å²) in [6.45, 7) is 7.35. The number of halogens is 4. The summed E-state index contributed by atoms with van der Waals surface area (Å²) in [5.74, 6) is 0.329. The molecule has 0 saturated carbocycles. The number of piperazine rings is 1. The maximum absolute atomic E-state index is 13.7. The summed E-state index contributed by atoms with van der Waals surface area (Å²) in [6.07, 6.45) is -1.47. The Bertz CT molecular complexity index is 2620. The number of methoxy groups -OCH3 is 1. The molecule has 1 aliphatic heterocycles. The Hall–Kier alpha value is -5.16. The number of ether oxygens (including phenoxy) is 4. The maximum atomic E-state index is 13.7. The molecule has 8 rings (SSSR count). The molecule has 4 aromatic heterocycles. The fourth-order valence-corrected chi connectivity index (χ4v) is 8.98. The number of likely N-dealkylation sites (N-methyl/N-ethyl adjacent to an activating group) is 1. The Kier molecular flexibility index (Phi) is 10.9. The zero-order chi connectivity index (χ0) is 40.8. The summed E-state index contributed by atoms with van der Waals surface area (Å²) in [5, 5.41) is 7.88. The molecule has 0 amide bonds. The van der Waals surface area contributed by atoms with Gasteiger partial charge in [-0.05, 0) is 42.8 Å². The van der Waals surface area contributed by atoms with E-state index in [9.17, 15) is 18.0 Å². The van der Waals surface area contributed by atoms with E-state index in [4.69, 9.17) is 35.0 Å². The van der Waals surface area contributed by atoms with Crippen molar-refractivity contribution in [3.8, 4) is 17.4 Å². The Morgan fingerprint density at radius 3 is 2.53 bits per heavy atom. The van der Waals surface area contributed by atoms with E-state index in [1.807, 2.05) is 18.2 Å². The molecular weight excluding hydrogens is 797 g/mol. The number of carbonyl (C=O) groups excluding carboxylic acids is 1. The summed E-state index contributed by atoms with van der Waals surface area (Å²) in [7, 11) is 3.39. The molecule has 5 heterocycles. The molecule has 1 unspecified atom stereocenters. The highest BCUT2D eigenvalue weighted by molar-refractivity contribution is 7.26. The number of carbonyl (C=O) groups is 1. The van der Waals surface area contributed by atoms with Crippen LogP contribution < -0.4 is 14.2 Å². The zero-order valence-corrected chi connectivity index (χ0v) is 33.7. The van der Waals surface area contributed by atoms with Crippen molar-refractivity contribution in [2.24, 2.45) is 0 Å². The van der Waals surface area contributed by atoms with Crippen molar-refractivity contribution in [3.05, 3.63) is 83.6 Å². The van der Waals surface area contributed by atoms with Crippen LogP contribution in [-0.2, 0) is 28.1 Å². The molecule has 0 N–H and O–H groups in total. The summed E-state index contributed by atoms with van der Waals surface area (Å²) in [6, 6.07) is 14.1. The van der Waals surface area contributed by atoms with Crippen molar-refractivity contribution >= 4 is 71.0 Å². The standard InChI is InChI=1S/C41H40ClF3N6O6S/c1-40(2,27-7-5-6-8-28(27)56-21-24-11-13-48-51(24)22-41(43,44)45)36(39(52)53-4)57-37-32-31-25-9-10-29(54-20-18-50-16-14-49(3)15-17-50)33(42)30(25)26-12-19-55-34(26)35(31)58-38(32)47-23-46-37/h5-13,19,23,36H,14-18,20-22H2,1-4H3. The summed E-state index contributed by atoms with van der Waals surface area (Å²) >= 11 is 8.59. The van der Waals surface area contributed by atoms with Gasteiger partial charge in [-0.1, -0.05) is 43.6 Å². The van der Waals surface area contributed by atoms with Crippen molar-refractivity contribution in [1.82, 2.24) is 29.5 Å². The molecule has 12 nitrogen and oxygen atoms in total. The van der Waals surface area contributed by atoms with Crippen LogP contribution >= 0.6 is 22.9 Å². The van der Waals surface area contributed by atoms with Crippen molar-refractivity contribution in [2.75, 3.05) is 53.5 Å². The monoisotopic (exact) mass is 836 g/mol. The second-order valence-electron chi connectivity index (χ2n) is 14.7. The van der Waals surface area contributed by atoms with Gasteiger partial charge in [0.25, 0.3) is 0 Å². The van der Waals surface area contributed by atoms with Crippen molar-refractivity contribution in [1.29, 1.82) is 0 Å². The molecule has 1 fully saturated rings. The van der Waals surface area contributed by atoms with Gasteiger partial charge in [-0.2, -0.15) is 18.3 Å². The Morgan fingerprint density at radius 2 is 1.76 bits per heavy atom. The number of hydrogen-bond donors (Lipinski definition) is 0. The van der Waals surface area contributed by atoms with Gasteiger partial charge in [0.2, 0.25) is 12.0 Å². The number of alkyl halides is 3. The number of aromatic nitrogens is 4. The van der Waals surface area contributed by atoms with E-state index in [0.717, 1.165) is 63.7 Å². The highest BCUT2D eigenvalue weighted by Gasteiger charge is 2.42. The number of esters is 1. The molecule has 0 aliphatic carbocycles. The summed E-state index contributed by atoms with van der Waals surface area (Å²) in [5.41, 5.74) is 0.235. The lowest BCUT2D eigenvalue weighted by molar-refractivity contribution is -0.152. The molecule has 0 spiro atoms. The first-order chi connectivity index (χ1) is 27.8. The molecule has 1 saturated heterocycles. The van der Waals surface area contributed by atoms with Crippen LogP contribution in [0.2, 0.25) is 5.02 Å². The van der Waals surface area contributed by atoms with Crippen LogP contribution in [0, 0.1) is 0 Å². The van der Waals surface area contributed by atoms with E-state index in [1.54, 1.807) is 44.4 Å². The predicted octanol–water partition coefficient (Wildman–Crippen LogP) is 8.26. The highest BCUT2D eigenvalue weighted by atomic mass is 35.5. The molecule has 3 aromatic carbocycles. The van der Waals surface area contributed by atoms with Crippen LogP contribution in [0.3, 0.4) is 0 Å². The average Bonchev–Trinajstić information content (AvgIpc) is 3.96. The van der Waals surface area contributed by atoms with E-state index >= 15 is 0 Å². The SMILES string of the molecule is COC(=O)C(Oc1ncnc2sc3c4occc4c4c(Cl)c(OCCN5CCN(C)CC5)ccc4c3c12)C(C)(C)c1ccccc1OCc1ccnn1CC(F)(F)F. The van der Waals surface area contributed by atoms with Crippen molar-refractivity contribution in [2.45, 2.75) is 44.7 Å². The maximum Gasteiger partial charge on any atom is 0.408 e. The molecule has 58 heavy (non-hydrogen) atoms. The van der Waals surface area contributed by atoms with Gasteiger partial charge in [0.05, 0.1) is 34.2 Å². The minimum atomic E-state index is -4.46. The second kappa shape index (κ2) is 15.9. The quantitative estimate of drug-likeness (QED) is 0.105. The number of fused-ring (bicyclic) bond motifs is 8. The molecule has 0 bridgehead atoms. The number of nitrogens with zero attached hydrogens (tertiary/aromatic N) is 6. The third-order valence-electron chi connectivity index (χ3n) is 10.6. The lowest BCUT2D eigenvalue weighted by Gasteiger charge is -2.33. The van der Waals surface area contributed by atoms with Gasteiger partial charge in [-0.15, -0.1) is 11.3 Å². The van der Waals surface area contributed by atoms with Gasteiger partial charge in [0.1, 0.15) is 42.4 Å². The Balaban J connectivity index is 1.15. The summed E-state index contributed by atoms with van der Waals surface area (Å²) < 4.78 is 71.7. The third kappa shape index (κ3) is 7.61. The van der Waals surface area contributed by atoms with Gasteiger partial charge in [0, 0.05) is 66.1 Å². The molecule has 17 heteroatoms. The molecule has 304 valence electrons. The zero-order valence-electron chi connectivity index (χ0n) is 32.1. The third-order valence-corrected chi connectivity index (χ3v) is 12.1. The van der Waals surface area contributed by atoms with E-state index in [-0.39, 0.29) is 18.2 Å². The number of benzene rings is 3. The van der Waals surface area contributed by atoms with Gasteiger partial charge in [-0.3, -0.25) is 9.58 Å². The number of thiophene rings is 1. The van der Waals surface area contributed by atoms with Gasteiger partial charge in [0.15, 0.2) is 5.58 Å². The van der Waals surface area contributed by atoms with Gasteiger partial charge >= 0.3 is 12.1 Å². The van der Waals surface area contributed by atoms with Crippen molar-refractivity contribution in [3.63, 3.8) is 0 Å². The fourth-order valence-electron chi connectivity index (χ4n) is 7.51. The number of hydrogen-bond acceptors (Lipinski definition) is 12. The number of rotatable bonds is 13. The lowest BCUT2D eigenvalue weighted by Crippen LogP contribution is -2.45. The van der Waals surface area contributed by atoms with E-state index in [2.05, 4.69) is 31.9 Å².